The minimum absolute atomic E-state index is 0.246. The summed E-state index contributed by atoms with van der Waals surface area (Å²) in [6, 6.07) is 4.60. The average Bonchev–Trinajstić information content (AvgIpc) is 2.17. The summed E-state index contributed by atoms with van der Waals surface area (Å²) in [5.41, 5.74) is 0.256. The van der Waals surface area contributed by atoms with Crippen molar-refractivity contribution in [1.29, 1.82) is 0 Å². The number of ketones is 1. The van der Waals surface area contributed by atoms with Crippen molar-refractivity contribution in [2.45, 2.75) is 17.2 Å². The van der Waals surface area contributed by atoms with E-state index in [0.717, 1.165) is 4.90 Å². The van der Waals surface area contributed by atoms with Crippen LogP contribution in [-0.4, -0.2) is 12.0 Å². The van der Waals surface area contributed by atoms with Crippen molar-refractivity contribution in [2.24, 2.45) is 0 Å². The normalized spacial score (nSPS) is 12.6. The smallest absolute Gasteiger partial charge is 0.152 e. The van der Waals surface area contributed by atoms with Crippen LogP contribution in [0, 0.1) is 5.82 Å². The lowest BCUT2D eigenvalue weighted by atomic mass is 10.1. The molecule has 14 heavy (non-hydrogen) atoms. The van der Waals surface area contributed by atoms with Gasteiger partial charge in [-0.3, -0.25) is 4.79 Å². The van der Waals surface area contributed by atoms with E-state index in [1.807, 2.05) is 6.26 Å². The van der Waals surface area contributed by atoms with Gasteiger partial charge < -0.3 is 0 Å². The van der Waals surface area contributed by atoms with E-state index < -0.39 is 11.2 Å². The van der Waals surface area contributed by atoms with E-state index in [4.69, 9.17) is 11.6 Å². The fourth-order valence-electron chi connectivity index (χ4n) is 1.06. The van der Waals surface area contributed by atoms with Crippen LogP contribution in [-0.2, 0) is 4.79 Å². The van der Waals surface area contributed by atoms with Crippen molar-refractivity contribution in [3.8, 4) is 0 Å². The summed E-state index contributed by atoms with van der Waals surface area (Å²) in [5.74, 6) is -0.679. The first-order chi connectivity index (χ1) is 6.56. The first-order valence-corrected chi connectivity index (χ1v) is 5.70. The number of carbonyl (C=O) groups is 1. The molecule has 0 aliphatic carbocycles. The zero-order valence-electron chi connectivity index (χ0n) is 7.88. The molecule has 0 aliphatic rings. The van der Waals surface area contributed by atoms with Gasteiger partial charge in [0.05, 0.1) is 0 Å². The molecule has 1 atom stereocenters. The van der Waals surface area contributed by atoms with Gasteiger partial charge in [-0.25, -0.2) is 4.39 Å². The van der Waals surface area contributed by atoms with Gasteiger partial charge in [0.1, 0.15) is 11.2 Å². The van der Waals surface area contributed by atoms with E-state index in [1.165, 1.54) is 24.8 Å². The molecular weight excluding hydrogens is 223 g/mol. The third-order valence-electron chi connectivity index (χ3n) is 1.83. The maximum Gasteiger partial charge on any atom is 0.152 e. The van der Waals surface area contributed by atoms with Gasteiger partial charge in [-0.1, -0.05) is 0 Å². The van der Waals surface area contributed by atoms with Crippen molar-refractivity contribution in [3.05, 3.63) is 29.6 Å². The lowest BCUT2D eigenvalue weighted by Gasteiger charge is -2.08. The van der Waals surface area contributed by atoms with Crippen LogP contribution in [0.3, 0.4) is 0 Å². The monoisotopic (exact) mass is 232 g/mol. The number of rotatable bonds is 3. The lowest BCUT2D eigenvalue weighted by Crippen LogP contribution is -2.04. The summed E-state index contributed by atoms with van der Waals surface area (Å²) in [6.07, 6.45) is 1.88. The Bertz CT molecular complexity index is 354. The standard InChI is InChI=1S/C10H10ClFOS/c1-6(13)10(11)8-5-7(14-2)3-4-9(8)12/h3-5,10H,1-2H3. The Balaban J connectivity index is 3.11. The zero-order valence-corrected chi connectivity index (χ0v) is 9.45. The topological polar surface area (TPSA) is 17.1 Å². The molecule has 0 aliphatic heterocycles. The molecule has 0 heterocycles. The van der Waals surface area contributed by atoms with Crippen LogP contribution >= 0.6 is 23.4 Å². The molecule has 1 rings (SSSR count). The number of hydrogen-bond acceptors (Lipinski definition) is 2. The number of hydrogen-bond donors (Lipinski definition) is 0. The van der Waals surface area contributed by atoms with Crippen LogP contribution in [0.25, 0.3) is 0 Å². The second kappa shape index (κ2) is 4.80. The second-order valence-electron chi connectivity index (χ2n) is 2.86. The zero-order chi connectivity index (χ0) is 10.7. The summed E-state index contributed by atoms with van der Waals surface area (Å²) in [6.45, 7) is 1.35. The van der Waals surface area contributed by atoms with Crippen molar-refractivity contribution >= 4 is 29.1 Å². The maximum absolute atomic E-state index is 13.3. The third-order valence-corrected chi connectivity index (χ3v) is 3.10. The van der Waals surface area contributed by atoms with Gasteiger partial charge in [0.25, 0.3) is 0 Å². The van der Waals surface area contributed by atoms with Crippen LogP contribution in [0.1, 0.15) is 17.9 Å². The molecule has 0 radical (unpaired) electrons. The van der Waals surface area contributed by atoms with E-state index in [0.29, 0.717) is 0 Å². The van der Waals surface area contributed by atoms with Crippen molar-refractivity contribution in [1.82, 2.24) is 0 Å². The quantitative estimate of drug-likeness (QED) is 0.587. The fourth-order valence-corrected chi connectivity index (χ4v) is 1.68. The van der Waals surface area contributed by atoms with Crippen molar-refractivity contribution in [3.63, 3.8) is 0 Å². The van der Waals surface area contributed by atoms with Crippen LogP contribution in [0.2, 0.25) is 0 Å². The molecule has 1 unspecified atom stereocenters. The Kier molecular flexibility index (Phi) is 3.96. The maximum atomic E-state index is 13.3. The highest BCUT2D eigenvalue weighted by Crippen LogP contribution is 2.27. The molecule has 0 bridgehead atoms. The molecule has 1 aromatic rings. The molecule has 0 aromatic heterocycles. The molecular formula is C10H10ClFOS. The van der Waals surface area contributed by atoms with E-state index in [9.17, 15) is 9.18 Å². The summed E-state index contributed by atoms with van der Waals surface area (Å²) in [5, 5.41) is -0.887. The molecule has 1 nitrogen and oxygen atoms in total. The Morgan fingerprint density at radius 1 is 1.57 bits per heavy atom. The first-order valence-electron chi connectivity index (χ1n) is 4.04. The molecule has 0 saturated carbocycles. The molecule has 0 N–H and O–H groups in total. The number of benzene rings is 1. The molecule has 4 heteroatoms. The van der Waals surface area contributed by atoms with Gasteiger partial charge in [-0.2, -0.15) is 0 Å². The second-order valence-corrected chi connectivity index (χ2v) is 4.18. The first kappa shape index (κ1) is 11.5. The summed E-state index contributed by atoms with van der Waals surface area (Å²) >= 11 is 7.26. The fraction of sp³-hybridized carbons (Fsp3) is 0.300. The van der Waals surface area contributed by atoms with Gasteiger partial charge in [-0.15, -0.1) is 23.4 Å². The number of Topliss-reactive ketones (excluding diaryl/α,β-unsaturated/α-hetero) is 1. The molecule has 0 fully saturated rings. The van der Waals surface area contributed by atoms with Crippen LogP contribution in [0.4, 0.5) is 4.39 Å². The van der Waals surface area contributed by atoms with Crippen LogP contribution in [0.15, 0.2) is 23.1 Å². The van der Waals surface area contributed by atoms with Gasteiger partial charge in [0.2, 0.25) is 0 Å². The highest BCUT2D eigenvalue weighted by Gasteiger charge is 2.17. The predicted octanol–water partition coefficient (Wildman–Crippen LogP) is 3.42. The van der Waals surface area contributed by atoms with Gasteiger partial charge >= 0.3 is 0 Å². The van der Waals surface area contributed by atoms with Crippen molar-refractivity contribution < 1.29 is 9.18 Å². The highest BCUT2D eigenvalue weighted by atomic mass is 35.5. The summed E-state index contributed by atoms with van der Waals surface area (Å²) in [4.78, 5) is 11.9. The molecule has 0 amide bonds. The Labute approximate surface area is 91.6 Å². The molecule has 76 valence electrons. The minimum atomic E-state index is -0.887. The number of thioether (sulfide) groups is 1. The Hall–Kier alpha value is -0.540. The largest absolute Gasteiger partial charge is 0.298 e. The van der Waals surface area contributed by atoms with Gasteiger partial charge in [-0.05, 0) is 31.4 Å². The Morgan fingerprint density at radius 2 is 2.21 bits per heavy atom. The molecule has 0 spiro atoms. The van der Waals surface area contributed by atoms with E-state index in [1.54, 1.807) is 12.1 Å². The minimum Gasteiger partial charge on any atom is -0.298 e. The Morgan fingerprint density at radius 3 is 2.71 bits per heavy atom. The van der Waals surface area contributed by atoms with Crippen LogP contribution < -0.4 is 0 Å². The lowest BCUT2D eigenvalue weighted by molar-refractivity contribution is -0.116. The number of alkyl halides is 1. The molecule has 1 aromatic carbocycles. The third kappa shape index (κ3) is 2.49. The number of carbonyl (C=O) groups excluding carboxylic acids is 1. The highest BCUT2D eigenvalue weighted by molar-refractivity contribution is 7.98. The summed E-state index contributed by atoms with van der Waals surface area (Å²) in [7, 11) is 0. The predicted molar refractivity (Wildman–Crippen MR) is 57.5 cm³/mol. The molecule has 0 saturated heterocycles. The summed E-state index contributed by atoms with van der Waals surface area (Å²) < 4.78 is 13.3. The van der Waals surface area contributed by atoms with E-state index in [-0.39, 0.29) is 11.3 Å². The van der Waals surface area contributed by atoms with E-state index in [2.05, 4.69) is 0 Å². The van der Waals surface area contributed by atoms with Crippen LogP contribution in [0.5, 0.6) is 0 Å². The average molecular weight is 233 g/mol. The SMILES string of the molecule is CSc1ccc(F)c(C(Cl)C(C)=O)c1. The van der Waals surface area contributed by atoms with Gasteiger partial charge in [0, 0.05) is 10.5 Å². The van der Waals surface area contributed by atoms with E-state index >= 15 is 0 Å². The van der Waals surface area contributed by atoms with Crippen molar-refractivity contribution in [2.75, 3.05) is 6.26 Å². The number of halogens is 2. The van der Waals surface area contributed by atoms with Gasteiger partial charge in [0.15, 0.2) is 5.78 Å².